The Morgan fingerprint density at radius 2 is 2.00 bits per heavy atom. The molecule has 1 atom stereocenters. The molecule has 1 aliphatic carbocycles. The zero-order chi connectivity index (χ0) is 8.10. The standard InChI is InChI=1S/C10H16O/c1-9(11)10-7-5-3-2-4-6-8-10/h2-3,10H,4-8H2,1H3/b3-2-. The van der Waals surface area contributed by atoms with Crippen molar-refractivity contribution in [2.45, 2.75) is 39.0 Å². The van der Waals surface area contributed by atoms with Crippen molar-refractivity contribution in [2.75, 3.05) is 0 Å². The van der Waals surface area contributed by atoms with Crippen molar-refractivity contribution < 1.29 is 4.79 Å². The molecule has 0 aromatic heterocycles. The predicted molar refractivity (Wildman–Crippen MR) is 46.4 cm³/mol. The summed E-state index contributed by atoms with van der Waals surface area (Å²) in [7, 11) is 0. The van der Waals surface area contributed by atoms with E-state index in [2.05, 4.69) is 12.2 Å². The molecule has 0 radical (unpaired) electrons. The molecule has 1 heteroatoms. The van der Waals surface area contributed by atoms with Gasteiger partial charge in [0.15, 0.2) is 0 Å². The number of carbonyl (C=O) groups excluding carboxylic acids is 1. The van der Waals surface area contributed by atoms with Gasteiger partial charge >= 0.3 is 0 Å². The smallest absolute Gasteiger partial charge is 0.132 e. The monoisotopic (exact) mass is 152 g/mol. The molecule has 0 fully saturated rings. The molecule has 0 heterocycles. The zero-order valence-corrected chi connectivity index (χ0v) is 7.18. The van der Waals surface area contributed by atoms with Crippen LogP contribution in [0.3, 0.4) is 0 Å². The normalized spacial score (nSPS) is 28.6. The van der Waals surface area contributed by atoms with E-state index in [1.54, 1.807) is 6.92 Å². The van der Waals surface area contributed by atoms with Crippen molar-refractivity contribution >= 4 is 5.78 Å². The molecule has 0 aromatic rings. The number of hydrogen-bond donors (Lipinski definition) is 0. The van der Waals surface area contributed by atoms with Crippen molar-refractivity contribution in [3.63, 3.8) is 0 Å². The Morgan fingerprint density at radius 1 is 1.27 bits per heavy atom. The molecule has 62 valence electrons. The Morgan fingerprint density at radius 3 is 2.73 bits per heavy atom. The molecule has 1 nitrogen and oxygen atoms in total. The summed E-state index contributed by atoms with van der Waals surface area (Å²) in [6.45, 7) is 1.72. The Labute approximate surface area is 68.5 Å². The largest absolute Gasteiger partial charge is 0.300 e. The molecule has 1 aliphatic rings. The summed E-state index contributed by atoms with van der Waals surface area (Å²) < 4.78 is 0. The first-order valence-corrected chi connectivity index (χ1v) is 4.46. The maximum Gasteiger partial charge on any atom is 0.132 e. The maximum atomic E-state index is 11.0. The lowest BCUT2D eigenvalue weighted by Gasteiger charge is -2.13. The number of carbonyl (C=O) groups is 1. The third kappa shape index (κ3) is 2.87. The van der Waals surface area contributed by atoms with Crippen LogP contribution in [0.1, 0.15) is 39.0 Å². The average molecular weight is 152 g/mol. The Bertz CT molecular complexity index is 158. The molecule has 0 saturated carbocycles. The highest BCUT2D eigenvalue weighted by Crippen LogP contribution is 2.19. The van der Waals surface area contributed by atoms with Crippen LogP contribution in [0.15, 0.2) is 12.2 Å². The molecular weight excluding hydrogens is 136 g/mol. The van der Waals surface area contributed by atoms with Crippen molar-refractivity contribution in [3.05, 3.63) is 12.2 Å². The molecule has 0 amide bonds. The first-order chi connectivity index (χ1) is 5.30. The molecule has 0 bridgehead atoms. The van der Waals surface area contributed by atoms with Crippen LogP contribution in [0.5, 0.6) is 0 Å². The number of hydrogen-bond acceptors (Lipinski definition) is 1. The molecule has 0 saturated heterocycles. The van der Waals surface area contributed by atoms with Gasteiger partial charge in [-0.1, -0.05) is 12.2 Å². The molecule has 0 aromatic carbocycles. The van der Waals surface area contributed by atoms with Crippen LogP contribution in [0, 0.1) is 5.92 Å². The van der Waals surface area contributed by atoms with E-state index >= 15 is 0 Å². The molecule has 0 aliphatic heterocycles. The highest BCUT2D eigenvalue weighted by molar-refractivity contribution is 5.78. The van der Waals surface area contributed by atoms with E-state index in [9.17, 15) is 4.79 Å². The van der Waals surface area contributed by atoms with Crippen LogP contribution < -0.4 is 0 Å². The average Bonchev–Trinajstić information content (AvgIpc) is 1.84. The van der Waals surface area contributed by atoms with Gasteiger partial charge < -0.3 is 0 Å². The number of allylic oxidation sites excluding steroid dienone is 2. The van der Waals surface area contributed by atoms with Crippen LogP contribution in [-0.4, -0.2) is 5.78 Å². The lowest BCUT2D eigenvalue weighted by molar-refractivity contribution is -0.121. The van der Waals surface area contributed by atoms with Gasteiger partial charge in [-0.25, -0.2) is 0 Å². The Balaban J connectivity index is 2.42. The van der Waals surface area contributed by atoms with Crippen LogP contribution in [0.25, 0.3) is 0 Å². The minimum Gasteiger partial charge on any atom is -0.300 e. The second-order valence-corrected chi connectivity index (χ2v) is 3.29. The van der Waals surface area contributed by atoms with Crippen LogP contribution in [0.2, 0.25) is 0 Å². The topological polar surface area (TPSA) is 17.1 Å². The van der Waals surface area contributed by atoms with Crippen LogP contribution >= 0.6 is 0 Å². The first kappa shape index (κ1) is 8.51. The summed E-state index contributed by atoms with van der Waals surface area (Å²) in [5.41, 5.74) is 0. The van der Waals surface area contributed by atoms with E-state index in [0.717, 1.165) is 25.7 Å². The van der Waals surface area contributed by atoms with Gasteiger partial charge in [0, 0.05) is 5.92 Å². The summed E-state index contributed by atoms with van der Waals surface area (Å²) in [5.74, 6) is 0.722. The minimum absolute atomic E-state index is 0.347. The quantitative estimate of drug-likeness (QED) is 0.528. The van der Waals surface area contributed by atoms with E-state index in [1.165, 1.54) is 6.42 Å². The van der Waals surface area contributed by atoms with Gasteiger partial charge in [0.25, 0.3) is 0 Å². The van der Waals surface area contributed by atoms with Crippen molar-refractivity contribution in [1.82, 2.24) is 0 Å². The van der Waals surface area contributed by atoms with E-state index in [4.69, 9.17) is 0 Å². The maximum absolute atomic E-state index is 11.0. The minimum atomic E-state index is 0.347. The molecule has 11 heavy (non-hydrogen) atoms. The van der Waals surface area contributed by atoms with Gasteiger partial charge in [-0.15, -0.1) is 0 Å². The van der Waals surface area contributed by atoms with Crippen molar-refractivity contribution in [1.29, 1.82) is 0 Å². The van der Waals surface area contributed by atoms with Gasteiger partial charge in [-0.3, -0.25) is 4.79 Å². The fraction of sp³-hybridized carbons (Fsp3) is 0.700. The van der Waals surface area contributed by atoms with E-state index in [0.29, 0.717) is 11.7 Å². The zero-order valence-electron chi connectivity index (χ0n) is 7.18. The summed E-state index contributed by atoms with van der Waals surface area (Å²) in [5, 5.41) is 0. The molecule has 0 N–H and O–H groups in total. The van der Waals surface area contributed by atoms with Gasteiger partial charge in [0.2, 0.25) is 0 Å². The number of ketones is 1. The Hall–Kier alpha value is -0.590. The highest BCUT2D eigenvalue weighted by atomic mass is 16.1. The van der Waals surface area contributed by atoms with E-state index in [-0.39, 0.29) is 0 Å². The highest BCUT2D eigenvalue weighted by Gasteiger charge is 2.13. The van der Waals surface area contributed by atoms with Gasteiger partial charge in [0.1, 0.15) is 5.78 Å². The van der Waals surface area contributed by atoms with Gasteiger partial charge in [0.05, 0.1) is 0 Å². The lowest BCUT2D eigenvalue weighted by atomic mass is 9.91. The summed E-state index contributed by atoms with van der Waals surface area (Å²) in [6.07, 6.45) is 10.0. The third-order valence-electron chi connectivity index (χ3n) is 2.35. The summed E-state index contributed by atoms with van der Waals surface area (Å²) in [6, 6.07) is 0. The Kier molecular flexibility index (Phi) is 3.34. The molecule has 0 spiro atoms. The summed E-state index contributed by atoms with van der Waals surface area (Å²) >= 11 is 0. The van der Waals surface area contributed by atoms with Crippen LogP contribution in [-0.2, 0) is 4.79 Å². The van der Waals surface area contributed by atoms with E-state index < -0.39 is 0 Å². The van der Waals surface area contributed by atoms with Gasteiger partial charge in [-0.2, -0.15) is 0 Å². The third-order valence-corrected chi connectivity index (χ3v) is 2.35. The molecule has 1 unspecified atom stereocenters. The fourth-order valence-corrected chi connectivity index (χ4v) is 1.57. The van der Waals surface area contributed by atoms with Crippen LogP contribution in [0.4, 0.5) is 0 Å². The lowest BCUT2D eigenvalue weighted by Crippen LogP contribution is -2.11. The van der Waals surface area contributed by atoms with E-state index in [1.807, 2.05) is 0 Å². The fourth-order valence-electron chi connectivity index (χ4n) is 1.57. The van der Waals surface area contributed by atoms with Crippen molar-refractivity contribution in [2.24, 2.45) is 5.92 Å². The molecule has 1 rings (SSSR count). The van der Waals surface area contributed by atoms with Gasteiger partial charge in [-0.05, 0) is 39.0 Å². The number of Topliss-reactive ketones (excluding diaryl/α,β-unsaturated/α-hetero) is 1. The molecular formula is C10H16O. The second-order valence-electron chi connectivity index (χ2n) is 3.29. The second kappa shape index (κ2) is 4.32. The first-order valence-electron chi connectivity index (χ1n) is 4.46. The van der Waals surface area contributed by atoms with Crippen molar-refractivity contribution in [3.8, 4) is 0 Å². The number of rotatable bonds is 1. The summed E-state index contributed by atoms with van der Waals surface area (Å²) in [4.78, 5) is 11.0. The SMILES string of the molecule is CC(=O)C1CC/C=C\CCC1. The predicted octanol–water partition coefficient (Wildman–Crippen LogP) is 2.71.